The Balaban J connectivity index is 0.00000312. The van der Waals surface area contributed by atoms with Crippen LogP contribution in [0.2, 0.25) is 0 Å². The minimum atomic E-state index is -0.106. The van der Waals surface area contributed by atoms with Crippen LogP contribution in [0, 0.1) is 0 Å². The summed E-state index contributed by atoms with van der Waals surface area (Å²) in [6.07, 6.45) is 4.62. The number of aliphatic hydroxyl groups is 1. The van der Waals surface area contributed by atoms with E-state index in [9.17, 15) is 5.11 Å². The maximum atomic E-state index is 9.52. The number of nitrogens with zero attached hydrogens (tertiary/aromatic N) is 2. The Morgan fingerprint density at radius 3 is 2.40 bits per heavy atom. The summed E-state index contributed by atoms with van der Waals surface area (Å²) in [5.41, 5.74) is 9.76. The van der Waals surface area contributed by atoms with Gasteiger partial charge in [-0.2, -0.15) is 0 Å². The summed E-state index contributed by atoms with van der Waals surface area (Å²) in [7, 11) is 0. The van der Waals surface area contributed by atoms with Crippen LogP contribution in [0.25, 0.3) is 0 Å². The van der Waals surface area contributed by atoms with E-state index >= 15 is 0 Å². The molecule has 4 N–H and O–H groups in total. The van der Waals surface area contributed by atoms with Gasteiger partial charge in [-0.3, -0.25) is 4.99 Å². The van der Waals surface area contributed by atoms with Crippen molar-refractivity contribution in [2.24, 2.45) is 10.7 Å². The molecule has 1 aliphatic heterocycles. The van der Waals surface area contributed by atoms with Gasteiger partial charge in [-0.15, -0.1) is 24.0 Å². The van der Waals surface area contributed by atoms with Gasteiger partial charge in [0.15, 0.2) is 5.96 Å². The Bertz CT molecular complexity index is 520. The Kier molecular flexibility index (Phi) is 10.4. The van der Waals surface area contributed by atoms with Gasteiger partial charge in [0.25, 0.3) is 0 Å². The number of para-hydroxylation sites is 1. The zero-order valence-electron chi connectivity index (χ0n) is 15.5. The number of likely N-dealkylation sites (tertiary alicyclic amines) is 1. The normalized spacial score (nSPS) is 16.5. The first-order chi connectivity index (χ1) is 11.6. The van der Waals surface area contributed by atoms with Crippen LogP contribution in [0.15, 0.2) is 23.2 Å². The lowest BCUT2D eigenvalue weighted by molar-refractivity contribution is 0.0824. The number of guanidine groups is 1. The average molecular weight is 460 g/mol. The fourth-order valence-electron chi connectivity index (χ4n) is 3.21. The molecule has 5 nitrogen and oxygen atoms in total. The van der Waals surface area contributed by atoms with Gasteiger partial charge in [0.1, 0.15) is 0 Å². The number of hydrogen-bond donors (Lipinski definition) is 3. The van der Waals surface area contributed by atoms with E-state index in [-0.39, 0.29) is 30.1 Å². The van der Waals surface area contributed by atoms with Crippen LogP contribution < -0.4 is 11.1 Å². The van der Waals surface area contributed by atoms with Gasteiger partial charge in [-0.1, -0.05) is 32.0 Å². The zero-order valence-corrected chi connectivity index (χ0v) is 17.8. The number of rotatable bonds is 7. The fourth-order valence-corrected chi connectivity index (χ4v) is 3.21. The summed E-state index contributed by atoms with van der Waals surface area (Å²) in [5.74, 6) is 0.500. The van der Waals surface area contributed by atoms with Gasteiger partial charge in [-0.05, 0) is 49.8 Å². The van der Waals surface area contributed by atoms with Gasteiger partial charge >= 0.3 is 0 Å². The summed E-state index contributed by atoms with van der Waals surface area (Å²) in [4.78, 5) is 6.87. The predicted octanol–water partition coefficient (Wildman–Crippen LogP) is 3.00. The molecule has 142 valence electrons. The lowest BCUT2D eigenvalue weighted by atomic mass is 10.0. The van der Waals surface area contributed by atoms with Crippen LogP contribution in [0.1, 0.15) is 44.2 Å². The number of nitrogens with two attached hydrogens (primary N) is 1. The van der Waals surface area contributed by atoms with E-state index < -0.39 is 0 Å². The molecular formula is C19H33IN4O. The van der Waals surface area contributed by atoms with E-state index in [2.05, 4.69) is 47.3 Å². The highest BCUT2D eigenvalue weighted by Gasteiger charge is 2.15. The summed E-state index contributed by atoms with van der Waals surface area (Å²) >= 11 is 0. The van der Waals surface area contributed by atoms with Crippen LogP contribution in [0.3, 0.4) is 0 Å². The third-order valence-corrected chi connectivity index (χ3v) is 4.72. The van der Waals surface area contributed by atoms with Crippen LogP contribution in [0.5, 0.6) is 0 Å². The van der Waals surface area contributed by atoms with Crippen LogP contribution >= 0.6 is 24.0 Å². The number of anilines is 1. The van der Waals surface area contributed by atoms with Crippen LogP contribution in [0.4, 0.5) is 5.69 Å². The molecule has 1 aromatic carbocycles. The second kappa shape index (κ2) is 11.7. The molecule has 1 saturated heterocycles. The molecule has 25 heavy (non-hydrogen) atoms. The summed E-state index contributed by atoms with van der Waals surface area (Å²) in [6.45, 7) is 8.04. The average Bonchev–Trinajstić information content (AvgIpc) is 2.60. The van der Waals surface area contributed by atoms with Gasteiger partial charge in [0.05, 0.1) is 6.10 Å². The molecule has 0 atom stereocenters. The quantitative estimate of drug-likeness (QED) is 0.253. The van der Waals surface area contributed by atoms with Crippen molar-refractivity contribution in [3.63, 3.8) is 0 Å². The maximum Gasteiger partial charge on any atom is 0.193 e. The Morgan fingerprint density at radius 1 is 1.24 bits per heavy atom. The van der Waals surface area contributed by atoms with Crippen LogP contribution in [-0.4, -0.2) is 48.2 Å². The third kappa shape index (κ3) is 7.11. The van der Waals surface area contributed by atoms with Crippen molar-refractivity contribution in [1.82, 2.24) is 4.90 Å². The summed E-state index contributed by atoms with van der Waals surface area (Å²) < 4.78 is 0. The predicted molar refractivity (Wildman–Crippen MR) is 117 cm³/mol. The summed E-state index contributed by atoms with van der Waals surface area (Å²) in [6, 6.07) is 6.38. The highest BCUT2D eigenvalue weighted by Crippen LogP contribution is 2.22. The van der Waals surface area contributed by atoms with Gasteiger partial charge in [-0.25, -0.2) is 0 Å². The number of aliphatic hydroxyl groups excluding tert-OH is 1. The maximum absolute atomic E-state index is 9.52. The van der Waals surface area contributed by atoms with E-state index in [1.807, 2.05) is 0 Å². The molecule has 1 heterocycles. The number of aliphatic imine (C=N–C) groups is 1. The molecule has 0 amide bonds. The number of aryl methyl sites for hydroxylation is 2. The van der Waals surface area contributed by atoms with Crippen molar-refractivity contribution >= 4 is 35.6 Å². The third-order valence-electron chi connectivity index (χ3n) is 4.72. The number of benzene rings is 1. The number of hydrogen-bond acceptors (Lipinski definition) is 3. The van der Waals surface area contributed by atoms with Crippen molar-refractivity contribution in [1.29, 1.82) is 0 Å². The van der Waals surface area contributed by atoms with Gasteiger partial charge in [0.2, 0.25) is 0 Å². The molecule has 0 bridgehead atoms. The molecule has 0 radical (unpaired) electrons. The Morgan fingerprint density at radius 2 is 1.84 bits per heavy atom. The molecular weight excluding hydrogens is 427 g/mol. The first kappa shape index (κ1) is 22.2. The van der Waals surface area contributed by atoms with E-state index in [4.69, 9.17) is 5.73 Å². The zero-order chi connectivity index (χ0) is 17.4. The van der Waals surface area contributed by atoms with Crippen LogP contribution in [-0.2, 0) is 12.8 Å². The van der Waals surface area contributed by atoms with E-state index in [1.54, 1.807) is 0 Å². The fraction of sp³-hybridized carbons (Fsp3) is 0.632. The SMILES string of the molecule is CCc1cccc(CC)c1NC(N)=NCCCN1CCC(O)CC1.I. The molecule has 0 saturated carbocycles. The van der Waals surface area contributed by atoms with Crippen molar-refractivity contribution in [2.75, 3.05) is 31.5 Å². The monoisotopic (exact) mass is 460 g/mol. The molecule has 1 fully saturated rings. The van der Waals surface area contributed by atoms with Crippen molar-refractivity contribution in [2.45, 2.75) is 52.1 Å². The number of halogens is 1. The van der Waals surface area contributed by atoms with Gasteiger partial charge in [0, 0.05) is 25.3 Å². The molecule has 1 aromatic rings. The molecule has 2 rings (SSSR count). The van der Waals surface area contributed by atoms with E-state index in [0.717, 1.165) is 64.0 Å². The smallest absolute Gasteiger partial charge is 0.193 e. The highest BCUT2D eigenvalue weighted by molar-refractivity contribution is 14.0. The second-order valence-corrected chi connectivity index (χ2v) is 6.48. The lowest BCUT2D eigenvalue weighted by Gasteiger charge is -2.29. The molecule has 0 aromatic heterocycles. The first-order valence-corrected chi connectivity index (χ1v) is 9.22. The molecule has 0 spiro atoms. The van der Waals surface area contributed by atoms with Gasteiger partial charge < -0.3 is 21.1 Å². The largest absolute Gasteiger partial charge is 0.393 e. The molecule has 0 aliphatic carbocycles. The summed E-state index contributed by atoms with van der Waals surface area (Å²) in [5, 5.41) is 12.8. The molecule has 6 heteroatoms. The van der Waals surface area contributed by atoms with Crippen molar-refractivity contribution in [3.05, 3.63) is 29.3 Å². The second-order valence-electron chi connectivity index (χ2n) is 6.48. The Labute approximate surface area is 169 Å². The minimum absolute atomic E-state index is 0. The lowest BCUT2D eigenvalue weighted by Crippen LogP contribution is -2.36. The number of nitrogens with one attached hydrogen (secondary N) is 1. The molecule has 1 aliphatic rings. The van der Waals surface area contributed by atoms with Crippen molar-refractivity contribution < 1.29 is 5.11 Å². The standard InChI is InChI=1S/C19H32N4O.HI/c1-3-15-7-5-8-16(4-2)18(15)22-19(20)21-11-6-12-23-13-9-17(24)10-14-23;/h5,7-8,17,24H,3-4,6,9-14H2,1-2H3,(H3,20,21,22);1H. The molecule has 0 unspecified atom stereocenters. The highest BCUT2D eigenvalue weighted by atomic mass is 127. The minimum Gasteiger partial charge on any atom is -0.393 e. The van der Waals surface area contributed by atoms with Crippen molar-refractivity contribution in [3.8, 4) is 0 Å². The van der Waals surface area contributed by atoms with E-state index in [1.165, 1.54) is 11.1 Å². The number of piperidine rings is 1. The Hall–Kier alpha value is -0.860. The first-order valence-electron chi connectivity index (χ1n) is 9.22. The topological polar surface area (TPSA) is 73.9 Å². The van der Waals surface area contributed by atoms with E-state index in [0.29, 0.717) is 5.96 Å².